The molecular formula is C14H13F3N2O2. The van der Waals surface area contributed by atoms with Crippen molar-refractivity contribution in [2.24, 2.45) is 0 Å². The first kappa shape index (κ1) is 15.1. The highest BCUT2D eigenvalue weighted by Gasteiger charge is 2.39. The Balaban J connectivity index is 2.63. The number of aryl methyl sites for hydroxylation is 2. The van der Waals surface area contributed by atoms with Gasteiger partial charge < -0.3 is 5.11 Å². The van der Waals surface area contributed by atoms with Crippen LogP contribution in [-0.4, -0.2) is 20.9 Å². The molecule has 1 heterocycles. The third kappa shape index (κ3) is 3.24. The SMILES string of the molecule is Cc1cc(C)cc(-n2ncc(CC(=O)O)c2C(F)(F)F)c1. The zero-order valence-electron chi connectivity index (χ0n) is 11.4. The summed E-state index contributed by atoms with van der Waals surface area (Å²) in [6, 6.07) is 4.97. The van der Waals surface area contributed by atoms with E-state index in [1.807, 2.05) is 6.07 Å². The van der Waals surface area contributed by atoms with E-state index in [1.165, 1.54) is 0 Å². The number of rotatable bonds is 3. The van der Waals surface area contributed by atoms with Crippen molar-refractivity contribution in [3.8, 4) is 5.69 Å². The predicted molar refractivity (Wildman–Crippen MR) is 69.4 cm³/mol. The Morgan fingerprint density at radius 2 is 1.81 bits per heavy atom. The van der Waals surface area contributed by atoms with Gasteiger partial charge in [0.15, 0.2) is 5.69 Å². The van der Waals surface area contributed by atoms with Crippen LogP contribution < -0.4 is 0 Å². The molecule has 7 heteroatoms. The molecule has 2 aromatic rings. The molecule has 0 spiro atoms. The molecule has 0 amide bonds. The number of carboxylic acids is 1. The van der Waals surface area contributed by atoms with Crippen molar-refractivity contribution < 1.29 is 23.1 Å². The molecule has 0 saturated heterocycles. The zero-order valence-corrected chi connectivity index (χ0v) is 11.4. The van der Waals surface area contributed by atoms with Gasteiger partial charge in [-0.3, -0.25) is 4.79 Å². The molecule has 4 nitrogen and oxygen atoms in total. The van der Waals surface area contributed by atoms with Gasteiger partial charge in [-0.15, -0.1) is 0 Å². The second-order valence-electron chi connectivity index (χ2n) is 4.84. The Labute approximate surface area is 118 Å². The van der Waals surface area contributed by atoms with Crippen LogP contribution in [0.1, 0.15) is 22.4 Å². The van der Waals surface area contributed by atoms with Crippen molar-refractivity contribution in [1.29, 1.82) is 0 Å². The first-order valence-electron chi connectivity index (χ1n) is 6.13. The lowest BCUT2D eigenvalue weighted by Crippen LogP contribution is -2.17. The Morgan fingerprint density at radius 1 is 1.24 bits per heavy atom. The Hall–Kier alpha value is -2.31. The van der Waals surface area contributed by atoms with E-state index in [-0.39, 0.29) is 11.3 Å². The highest BCUT2D eigenvalue weighted by Crippen LogP contribution is 2.34. The lowest BCUT2D eigenvalue weighted by molar-refractivity contribution is -0.144. The van der Waals surface area contributed by atoms with Crippen LogP contribution in [0.2, 0.25) is 0 Å². The number of halogens is 3. The fraction of sp³-hybridized carbons (Fsp3) is 0.286. The average Bonchev–Trinajstić information content (AvgIpc) is 2.70. The molecule has 0 saturated carbocycles. The number of carboxylic acid groups (broad SMARTS) is 1. The van der Waals surface area contributed by atoms with Crippen LogP contribution in [0, 0.1) is 13.8 Å². The van der Waals surface area contributed by atoms with Gasteiger partial charge in [0.25, 0.3) is 0 Å². The average molecular weight is 298 g/mol. The van der Waals surface area contributed by atoms with Crippen LogP contribution in [0.4, 0.5) is 13.2 Å². The van der Waals surface area contributed by atoms with E-state index in [2.05, 4.69) is 5.10 Å². The van der Waals surface area contributed by atoms with Gasteiger partial charge in [-0.25, -0.2) is 4.68 Å². The van der Waals surface area contributed by atoms with Gasteiger partial charge in [-0.2, -0.15) is 18.3 Å². The molecule has 21 heavy (non-hydrogen) atoms. The van der Waals surface area contributed by atoms with Crippen molar-refractivity contribution in [1.82, 2.24) is 9.78 Å². The lowest BCUT2D eigenvalue weighted by atomic mass is 10.1. The molecule has 0 radical (unpaired) electrons. The Morgan fingerprint density at radius 3 is 2.29 bits per heavy atom. The fourth-order valence-corrected chi connectivity index (χ4v) is 2.25. The van der Waals surface area contributed by atoms with Crippen molar-refractivity contribution >= 4 is 5.97 Å². The van der Waals surface area contributed by atoms with E-state index in [1.54, 1.807) is 26.0 Å². The summed E-state index contributed by atoms with van der Waals surface area (Å²) in [5.74, 6) is -1.33. The van der Waals surface area contributed by atoms with Crippen molar-refractivity contribution in [3.05, 3.63) is 46.8 Å². The summed E-state index contributed by atoms with van der Waals surface area (Å²) in [5.41, 5.74) is 0.461. The summed E-state index contributed by atoms with van der Waals surface area (Å²) in [6.45, 7) is 3.54. The quantitative estimate of drug-likeness (QED) is 0.947. The minimum Gasteiger partial charge on any atom is -0.481 e. The summed E-state index contributed by atoms with van der Waals surface area (Å²) in [6.07, 6.45) is -4.45. The molecule has 0 atom stereocenters. The van der Waals surface area contributed by atoms with Gasteiger partial charge >= 0.3 is 12.1 Å². The number of hydrogen-bond donors (Lipinski definition) is 1. The highest BCUT2D eigenvalue weighted by molar-refractivity contribution is 5.70. The molecule has 0 aliphatic heterocycles. The van der Waals surface area contributed by atoms with Crippen LogP contribution in [-0.2, 0) is 17.4 Å². The smallest absolute Gasteiger partial charge is 0.433 e. The summed E-state index contributed by atoms with van der Waals surface area (Å²) in [5, 5.41) is 12.4. The number of benzene rings is 1. The minimum absolute atomic E-state index is 0.261. The van der Waals surface area contributed by atoms with E-state index in [0.717, 1.165) is 22.0 Å². The van der Waals surface area contributed by atoms with Crippen LogP contribution in [0.3, 0.4) is 0 Å². The standard InChI is InChI=1S/C14H13F3N2O2/c1-8-3-9(2)5-11(4-8)19-13(14(15,16)17)10(7-18-19)6-12(20)21/h3-5,7H,6H2,1-2H3,(H,20,21). The summed E-state index contributed by atoms with van der Waals surface area (Å²) in [7, 11) is 0. The number of nitrogens with zero attached hydrogens (tertiary/aromatic N) is 2. The lowest BCUT2D eigenvalue weighted by Gasteiger charge is -2.13. The number of hydrogen-bond acceptors (Lipinski definition) is 2. The van der Waals surface area contributed by atoms with E-state index in [0.29, 0.717) is 0 Å². The Kier molecular flexibility index (Phi) is 3.76. The molecule has 0 unspecified atom stereocenters. The maximum atomic E-state index is 13.2. The number of alkyl halides is 3. The topological polar surface area (TPSA) is 55.1 Å². The van der Waals surface area contributed by atoms with Gasteiger partial charge in [0.05, 0.1) is 18.3 Å². The summed E-state index contributed by atoms with van der Waals surface area (Å²) in [4.78, 5) is 10.7. The minimum atomic E-state index is -4.68. The predicted octanol–water partition coefficient (Wildman–Crippen LogP) is 3.14. The second kappa shape index (κ2) is 5.23. The van der Waals surface area contributed by atoms with E-state index in [9.17, 15) is 18.0 Å². The van der Waals surface area contributed by atoms with E-state index < -0.39 is 24.3 Å². The highest BCUT2D eigenvalue weighted by atomic mass is 19.4. The van der Waals surface area contributed by atoms with Crippen LogP contribution in [0.15, 0.2) is 24.4 Å². The first-order valence-corrected chi connectivity index (χ1v) is 6.13. The third-order valence-corrected chi connectivity index (χ3v) is 2.91. The van der Waals surface area contributed by atoms with Crippen molar-refractivity contribution in [2.45, 2.75) is 26.4 Å². The molecule has 0 fully saturated rings. The Bertz CT molecular complexity index is 670. The zero-order chi connectivity index (χ0) is 15.8. The van der Waals surface area contributed by atoms with Crippen molar-refractivity contribution in [2.75, 3.05) is 0 Å². The molecular weight excluding hydrogens is 285 g/mol. The molecule has 0 aliphatic rings. The van der Waals surface area contributed by atoms with Crippen molar-refractivity contribution in [3.63, 3.8) is 0 Å². The monoisotopic (exact) mass is 298 g/mol. The number of aromatic nitrogens is 2. The normalized spacial score (nSPS) is 11.7. The second-order valence-corrected chi connectivity index (χ2v) is 4.84. The maximum absolute atomic E-state index is 13.2. The van der Waals surface area contributed by atoms with Crippen LogP contribution in [0.5, 0.6) is 0 Å². The van der Waals surface area contributed by atoms with Gasteiger partial charge in [0.1, 0.15) is 0 Å². The molecule has 1 aromatic heterocycles. The molecule has 1 aromatic carbocycles. The largest absolute Gasteiger partial charge is 0.481 e. The fourth-order valence-electron chi connectivity index (χ4n) is 2.25. The van der Waals surface area contributed by atoms with Crippen LogP contribution >= 0.6 is 0 Å². The third-order valence-electron chi connectivity index (χ3n) is 2.91. The summed E-state index contributed by atoms with van der Waals surface area (Å²) < 4.78 is 40.4. The molecule has 0 bridgehead atoms. The van der Waals surface area contributed by atoms with E-state index in [4.69, 9.17) is 5.11 Å². The first-order chi connectivity index (χ1) is 9.68. The summed E-state index contributed by atoms with van der Waals surface area (Å²) >= 11 is 0. The van der Waals surface area contributed by atoms with Gasteiger partial charge in [-0.05, 0) is 37.1 Å². The number of carbonyl (C=O) groups is 1. The van der Waals surface area contributed by atoms with Crippen LogP contribution in [0.25, 0.3) is 5.69 Å². The molecule has 1 N–H and O–H groups in total. The molecule has 112 valence electrons. The molecule has 0 aliphatic carbocycles. The van der Waals surface area contributed by atoms with Gasteiger partial charge in [0, 0.05) is 5.56 Å². The molecule has 2 rings (SSSR count). The number of aliphatic carboxylic acids is 1. The van der Waals surface area contributed by atoms with E-state index >= 15 is 0 Å². The maximum Gasteiger partial charge on any atom is 0.433 e. The van der Waals surface area contributed by atoms with Gasteiger partial charge in [-0.1, -0.05) is 6.07 Å². The van der Waals surface area contributed by atoms with Gasteiger partial charge in [0.2, 0.25) is 0 Å².